The first-order valence-corrected chi connectivity index (χ1v) is 5.87. The molecule has 12 heavy (non-hydrogen) atoms. The molecule has 0 N–H and O–H groups in total. The number of nitrogens with zero attached hydrogens (tertiary/aromatic N) is 1. The lowest BCUT2D eigenvalue weighted by Crippen LogP contribution is -2.23. The average Bonchev–Trinajstić information content (AvgIpc) is 1.52. The molecule has 4 nitrogen and oxygen atoms in total. The molecule has 0 aromatic rings. The summed E-state index contributed by atoms with van der Waals surface area (Å²) >= 11 is 0. The molecule has 0 bridgehead atoms. The first-order valence-electron chi connectivity index (χ1n) is 2.33. The summed E-state index contributed by atoms with van der Waals surface area (Å²) in [6.07, 6.45) is 0.691. The molecule has 0 spiro atoms. The second-order valence-corrected chi connectivity index (χ2v) is 5.88. The first kappa shape index (κ1) is 11.7. The minimum absolute atomic E-state index is 0.691. The van der Waals surface area contributed by atoms with Crippen LogP contribution in [0.4, 0.5) is 13.2 Å². The quantitative estimate of drug-likeness (QED) is 0.640. The van der Waals surface area contributed by atoms with Crippen molar-refractivity contribution in [2.75, 3.05) is 6.26 Å². The molecule has 0 fully saturated rings. The highest BCUT2D eigenvalue weighted by atomic mass is 32.3. The topological polar surface area (TPSA) is 65.3 Å². The molecular formula is C3H5F3NO3S2-. The Labute approximate surface area is 68.0 Å². The van der Waals surface area contributed by atoms with Gasteiger partial charge in [0.15, 0.2) is 10.0 Å². The Bertz CT molecular complexity index is 351. The molecule has 0 rings (SSSR count). The number of sulfonamides is 1. The molecule has 0 heterocycles. The van der Waals surface area contributed by atoms with E-state index in [1.165, 1.54) is 0 Å². The van der Waals surface area contributed by atoms with E-state index in [1.54, 1.807) is 0 Å². The van der Waals surface area contributed by atoms with E-state index in [2.05, 4.69) is 10.00 Å². The molecule has 9 heteroatoms. The van der Waals surface area contributed by atoms with E-state index in [-0.39, 0.29) is 0 Å². The second-order valence-electron chi connectivity index (χ2n) is 1.95. The highest BCUT2D eigenvalue weighted by molar-refractivity contribution is 8.16. The summed E-state index contributed by atoms with van der Waals surface area (Å²) in [6.45, 7) is 0. The summed E-state index contributed by atoms with van der Waals surface area (Å²) in [5, 5.41) is 0. The lowest BCUT2D eigenvalue weighted by molar-refractivity contribution is -0.0424. The van der Waals surface area contributed by atoms with Crippen LogP contribution in [0.25, 0.3) is 4.13 Å². The summed E-state index contributed by atoms with van der Waals surface area (Å²) < 4.78 is 67.5. The minimum atomic E-state index is -5.67. The molecule has 1 unspecified atom stereocenters. The highest BCUT2D eigenvalue weighted by Crippen LogP contribution is 2.29. The van der Waals surface area contributed by atoms with Crippen molar-refractivity contribution in [3.63, 3.8) is 0 Å². The van der Waals surface area contributed by atoms with E-state index in [0.29, 0.717) is 6.26 Å². The number of hydrogen-bond acceptors (Lipinski definition) is 3. The predicted molar refractivity (Wildman–Crippen MR) is 39.5 cm³/mol. The van der Waals surface area contributed by atoms with Gasteiger partial charge in [-0.2, -0.15) is 13.2 Å². The van der Waals surface area contributed by atoms with Gasteiger partial charge in [0.25, 0.3) is 0 Å². The third-order valence-electron chi connectivity index (χ3n) is 0.548. The Morgan fingerprint density at radius 2 is 1.58 bits per heavy atom. The zero-order valence-electron chi connectivity index (χ0n) is 5.83. The maximum Gasteiger partial charge on any atom is 0.480 e. The van der Waals surface area contributed by atoms with Gasteiger partial charge in [-0.25, -0.2) is 8.42 Å². The van der Waals surface area contributed by atoms with Gasteiger partial charge >= 0.3 is 5.51 Å². The molecule has 1 atom stereocenters. The van der Waals surface area contributed by atoms with Crippen LogP contribution in [-0.4, -0.2) is 30.3 Å². The molecule has 74 valence electrons. The average molecular weight is 224 g/mol. The van der Waals surface area contributed by atoms with Crippen LogP contribution in [0.1, 0.15) is 0 Å². The number of hydrogen-bond donors (Lipinski definition) is 0. The summed E-state index contributed by atoms with van der Waals surface area (Å²) in [7, 11) is -9.22. The van der Waals surface area contributed by atoms with Crippen molar-refractivity contribution in [3.8, 4) is 0 Å². The van der Waals surface area contributed by atoms with Crippen molar-refractivity contribution < 1.29 is 25.8 Å². The van der Waals surface area contributed by atoms with E-state index in [1.807, 2.05) is 0 Å². The van der Waals surface area contributed by atoms with E-state index in [4.69, 9.17) is 0 Å². The molecule has 0 amide bonds. The molecule has 0 saturated heterocycles. The monoisotopic (exact) mass is 224 g/mol. The van der Waals surface area contributed by atoms with Crippen LogP contribution in [0.15, 0.2) is 0 Å². The Morgan fingerprint density at radius 3 is 1.67 bits per heavy atom. The summed E-state index contributed by atoms with van der Waals surface area (Å²) in [5.41, 5.74) is -5.51. The van der Waals surface area contributed by atoms with Crippen molar-refractivity contribution in [1.29, 1.82) is 0 Å². The van der Waals surface area contributed by atoms with Crippen molar-refractivity contribution in [2.24, 2.45) is 0 Å². The van der Waals surface area contributed by atoms with Crippen LogP contribution in [-0.2, 0) is 19.7 Å². The zero-order chi connectivity index (χ0) is 10.2. The molecule has 0 aliphatic heterocycles. The number of rotatable bonds is 2. The standard InChI is InChI=1S/C3H5F3NO3S2/c1-11(2,8)7-12(9,10)3(4,5)6/h1H2,2H3/q-1. The molecule has 0 aromatic carbocycles. The minimum Gasteiger partial charge on any atom is -0.462 e. The summed E-state index contributed by atoms with van der Waals surface area (Å²) in [5.74, 6) is 2.65. The van der Waals surface area contributed by atoms with Crippen LogP contribution >= 0.6 is 0 Å². The van der Waals surface area contributed by atoms with Gasteiger partial charge in [0.2, 0.25) is 0 Å². The van der Waals surface area contributed by atoms with Gasteiger partial charge in [0, 0.05) is 0 Å². The highest BCUT2D eigenvalue weighted by Gasteiger charge is 2.39. The van der Waals surface area contributed by atoms with Crippen molar-refractivity contribution in [2.45, 2.75) is 5.51 Å². The van der Waals surface area contributed by atoms with Gasteiger partial charge in [-0.3, -0.25) is 4.21 Å². The van der Waals surface area contributed by atoms with E-state index in [0.717, 1.165) is 0 Å². The first-order chi connectivity index (χ1) is 4.96. The van der Waals surface area contributed by atoms with Crippen LogP contribution in [0, 0.1) is 0 Å². The maximum absolute atomic E-state index is 11.5. The van der Waals surface area contributed by atoms with Gasteiger partial charge < -0.3 is 4.13 Å². The zero-order valence-corrected chi connectivity index (χ0v) is 7.46. The summed E-state index contributed by atoms with van der Waals surface area (Å²) in [6, 6.07) is 0. The molecular weight excluding hydrogens is 219 g/mol. The Morgan fingerprint density at radius 1 is 1.25 bits per heavy atom. The van der Waals surface area contributed by atoms with Gasteiger partial charge in [-0.1, -0.05) is 5.87 Å². The largest absolute Gasteiger partial charge is 0.480 e. The SMILES string of the molecule is C=S(C)(=O)[N-]S(=O)(=O)C(F)(F)F. The Balaban J connectivity index is 4.96. The second kappa shape index (κ2) is 2.89. The van der Waals surface area contributed by atoms with Crippen LogP contribution in [0.3, 0.4) is 0 Å². The van der Waals surface area contributed by atoms with E-state index >= 15 is 0 Å². The van der Waals surface area contributed by atoms with Gasteiger partial charge in [0.05, 0.1) is 0 Å². The Hall–Kier alpha value is -0.280. The molecule has 0 saturated carbocycles. The maximum atomic E-state index is 11.5. The molecule has 0 radical (unpaired) electrons. The van der Waals surface area contributed by atoms with Gasteiger partial charge in [-0.05, 0) is 6.26 Å². The fourth-order valence-corrected chi connectivity index (χ4v) is 2.25. The fraction of sp³-hybridized carbons (Fsp3) is 0.667. The molecule has 0 aliphatic rings. The van der Waals surface area contributed by atoms with Crippen molar-refractivity contribution >= 4 is 25.6 Å². The normalized spacial score (nSPS) is 18.7. The third-order valence-corrected chi connectivity index (χ3v) is 3.18. The third kappa shape index (κ3) is 3.41. The molecule has 0 aromatic heterocycles. The van der Waals surface area contributed by atoms with Gasteiger partial charge in [-0.15, -0.1) is 9.71 Å². The molecule has 0 aliphatic carbocycles. The predicted octanol–water partition coefficient (Wildman–Crippen LogP) is 0.471. The van der Waals surface area contributed by atoms with Gasteiger partial charge in [0.1, 0.15) is 0 Å². The van der Waals surface area contributed by atoms with Crippen LogP contribution in [0.5, 0.6) is 0 Å². The smallest absolute Gasteiger partial charge is 0.462 e. The van der Waals surface area contributed by atoms with E-state index in [9.17, 15) is 25.8 Å². The van der Waals surface area contributed by atoms with Crippen molar-refractivity contribution in [3.05, 3.63) is 4.13 Å². The van der Waals surface area contributed by atoms with E-state index < -0.39 is 25.2 Å². The van der Waals surface area contributed by atoms with Crippen molar-refractivity contribution in [1.82, 2.24) is 0 Å². The summed E-state index contributed by atoms with van der Waals surface area (Å²) in [4.78, 5) is 0. The Kier molecular flexibility index (Phi) is 2.82. The van der Waals surface area contributed by atoms with Crippen LogP contribution in [0.2, 0.25) is 0 Å². The van der Waals surface area contributed by atoms with Crippen LogP contribution < -0.4 is 0 Å². The fourth-order valence-electron chi connectivity index (χ4n) is 0.250. The lowest BCUT2D eigenvalue weighted by Gasteiger charge is -2.22. The lowest BCUT2D eigenvalue weighted by atomic mass is 11.6. The number of alkyl halides is 3. The number of halogens is 3.